The summed E-state index contributed by atoms with van der Waals surface area (Å²) in [7, 11) is 0. The third-order valence-electron chi connectivity index (χ3n) is 7.31. The molecule has 1 amide bonds. The maximum Gasteiger partial charge on any atom is 0.417 e. The summed E-state index contributed by atoms with van der Waals surface area (Å²) in [6, 6.07) is 18.2. The number of rotatable bonds is 9. The van der Waals surface area contributed by atoms with E-state index in [2.05, 4.69) is 27.4 Å². The van der Waals surface area contributed by atoms with Crippen molar-refractivity contribution in [1.82, 2.24) is 19.5 Å². The van der Waals surface area contributed by atoms with Gasteiger partial charge in [0, 0.05) is 6.54 Å². The van der Waals surface area contributed by atoms with Crippen LogP contribution >= 0.6 is 0 Å². The van der Waals surface area contributed by atoms with Gasteiger partial charge < -0.3 is 19.7 Å². The minimum atomic E-state index is -1.03. The van der Waals surface area contributed by atoms with Gasteiger partial charge in [0.25, 0.3) is 0 Å². The van der Waals surface area contributed by atoms with Crippen LogP contribution in [0.5, 0.6) is 0 Å². The first-order chi connectivity index (χ1) is 20.2. The highest BCUT2D eigenvalue weighted by atomic mass is 16.6. The van der Waals surface area contributed by atoms with Gasteiger partial charge in [0.2, 0.25) is 5.95 Å². The first-order valence-electron chi connectivity index (χ1n) is 14.5. The number of fused-ring (bicyclic) bond motifs is 1. The van der Waals surface area contributed by atoms with Gasteiger partial charge in [-0.05, 0) is 56.2 Å². The first-order valence-corrected chi connectivity index (χ1v) is 14.5. The Morgan fingerprint density at radius 3 is 2.38 bits per heavy atom. The Hall–Kier alpha value is -4.47. The van der Waals surface area contributed by atoms with Crippen molar-refractivity contribution in [3.63, 3.8) is 0 Å². The van der Waals surface area contributed by atoms with Gasteiger partial charge in [0.05, 0.1) is 12.9 Å². The molecule has 4 aromatic rings. The summed E-state index contributed by atoms with van der Waals surface area (Å²) in [6.07, 6.45) is 7.07. The predicted octanol–water partition coefficient (Wildman–Crippen LogP) is 6.51. The second-order valence-corrected chi connectivity index (χ2v) is 11.8. The lowest BCUT2D eigenvalue weighted by molar-refractivity contribution is -0.137. The van der Waals surface area contributed by atoms with E-state index in [-0.39, 0.29) is 19.0 Å². The van der Waals surface area contributed by atoms with Crippen molar-refractivity contribution in [2.24, 2.45) is 0 Å². The topological polar surface area (TPSA) is 122 Å². The van der Waals surface area contributed by atoms with Crippen LogP contribution in [-0.2, 0) is 29.2 Å². The summed E-state index contributed by atoms with van der Waals surface area (Å²) < 4.78 is 7.21. The number of ether oxygens (including phenoxy) is 1. The molecule has 220 valence electrons. The third-order valence-corrected chi connectivity index (χ3v) is 7.31. The van der Waals surface area contributed by atoms with Gasteiger partial charge >= 0.3 is 12.1 Å². The van der Waals surface area contributed by atoms with E-state index in [9.17, 15) is 14.7 Å². The number of carbonyl (C=O) groups excluding carboxylic acids is 1. The summed E-state index contributed by atoms with van der Waals surface area (Å²) in [4.78, 5) is 40.4. The Morgan fingerprint density at radius 2 is 1.71 bits per heavy atom. The van der Waals surface area contributed by atoms with Crippen molar-refractivity contribution in [1.29, 1.82) is 0 Å². The van der Waals surface area contributed by atoms with Gasteiger partial charge in [-0.3, -0.25) is 4.79 Å². The van der Waals surface area contributed by atoms with E-state index in [4.69, 9.17) is 9.72 Å². The Labute approximate surface area is 245 Å². The van der Waals surface area contributed by atoms with Crippen LogP contribution in [-0.4, -0.2) is 42.3 Å². The highest BCUT2D eigenvalue weighted by molar-refractivity contribution is 5.90. The van der Waals surface area contributed by atoms with Crippen LogP contribution in [0, 0.1) is 0 Å². The van der Waals surface area contributed by atoms with Gasteiger partial charge in [-0.15, -0.1) is 0 Å². The molecule has 2 N–H and O–H groups in total. The number of aliphatic carboxylic acids is 1. The molecule has 10 nitrogen and oxygen atoms in total. The van der Waals surface area contributed by atoms with E-state index in [1.54, 1.807) is 20.8 Å². The fraction of sp³-hybridized carbons (Fsp3) is 0.406. The number of hydrogen-bond donors (Lipinski definition) is 2. The molecule has 2 heterocycles. The fourth-order valence-electron chi connectivity index (χ4n) is 5.27. The molecule has 1 aliphatic rings. The van der Waals surface area contributed by atoms with Crippen LogP contribution in [0.25, 0.3) is 11.2 Å². The monoisotopic (exact) mass is 570 g/mol. The normalized spacial score (nSPS) is 14.1. The SMILES string of the molecule is CC(C)(C)OC(=O)N(Cc1ccc(C2CCCCC2)cc1)c1nc(NCc2ccccc2)c2ncn(CC(=O)O)c2n1. The Morgan fingerprint density at radius 1 is 1.00 bits per heavy atom. The number of nitrogens with zero attached hydrogens (tertiary/aromatic N) is 5. The molecule has 1 aliphatic carbocycles. The van der Waals surface area contributed by atoms with Crippen molar-refractivity contribution < 1.29 is 19.4 Å². The molecule has 1 saturated carbocycles. The van der Waals surface area contributed by atoms with Crippen molar-refractivity contribution in [3.05, 3.63) is 77.6 Å². The average molecular weight is 571 g/mol. The number of anilines is 2. The number of carboxylic acid groups (broad SMARTS) is 1. The zero-order valence-corrected chi connectivity index (χ0v) is 24.4. The van der Waals surface area contributed by atoms with Crippen LogP contribution in [0.2, 0.25) is 0 Å². The lowest BCUT2D eigenvalue weighted by Crippen LogP contribution is -2.37. The molecule has 2 aromatic heterocycles. The van der Waals surface area contributed by atoms with Gasteiger partial charge in [0.1, 0.15) is 12.1 Å². The van der Waals surface area contributed by atoms with Crippen molar-refractivity contribution >= 4 is 35.0 Å². The highest BCUT2D eigenvalue weighted by Gasteiger charge is 2.28. The van der Waals surface area contributed by atoms with Crippen molar-refractivity contribution in [2.75, 3.05) is 10.2 Å². The zero-order chi connectivity index (χ0) is 29.7. The number of benzene rings is 2. The summed E-state index contributed by atoms with van der Waals surface area (Å²) in [5.41, 5.74) is 3.23. The van der Waals surface area contributed by atoms with Crippen LogP contribution < -0.4 is 10.2 Å². The van der Waals surface area contributed by atoms with E-state index in [0.29, 0.717) is 29.4 Å². The largest absolute Gasteiger partial charge is 0.480 e. The third kappa shape index (κ3) is 7.23. The zero-order valence-electron chi connectivity index (χ0n) is 24.4. The van der Waals surface area contributed by atoms with Gasteiger partial charge in [0.15, 0.2) is 17.0 Å². The number of carboxylic acids is 1. The number of imidazole rings is 1. The van der Waals surface area contributed by atoms with Crippen LogP contribution in [0.3, 0.4) is 0 Å². The average Bonchev–Trinajstić information content (AvgIpc) is 3.37. The summed E-state index contributed by atoms with van der Waals surface area (Å²) in [5, 5.41) is 12.8. The molecule has 0 unspecified atom stereocenters. The van der Waals surface area contributed by atoms with Gasteiger partial charge in [-0.25, -0.2) is 14.7 Å². The number of aromatic nitrogens is 4. The molecule has 5 rings (SSSR count). The quantitative estimate of drug-likeness (QED) is 0.233. The Balaban J connectivity index is 1.52. The van der Waals surface area contributed by atoms with Crippen molar-refractivity contribution in [2.45, 2.75) is 84.0 Å². The lowest BCUT2D eigenvalue weighted by atomic mass is 9.84. The van der Waals surface area contributed by atoms with Crippen LogP contribution in [0.4, 0.5) is 16.6 Å². The predicted molar refractivity (Wildman–Crippen MR) is 161 cm³/mol. The lowest BCUT2D eigenvalue weighted by Gasteiger charge is -2.27. The Bertz CT molecular complexity index is 1520. The van der Waals surface area contributed by atoms with Crippen LogP contribution in [0.15, 0.2) is 60.9 Å². The second-order valence-electron chi connectivity index (χ2n) is 11.8. The van der Waals surface area contributed by atoms with Crippen molar-refractivity contribution in [3.8, 4) is 0 Å². The minimum Gasteiger partial charge on any atom is -0.480 e. The highest BCUT2D eigenvalue weighted by Crippen LogP contribution is 2.33. The molecular weight excluding hydrogens is 532 g/mol. The van der Waals surface area contributed by atoms with Gasteiger partial charge in [-0.1, -0.05) is 73.9 Å². The van der Waals surface area contributed by atoms with E-state index in [1.165, 1.54) is 53.5 Å². The van der Waals surface area contributed by atoms with E-state index >= 15 is 0 Å². The smallest absolute Gasteiger partial charge is 0.417 e. The summed E-state index contributed by atoms with van der Waals surface area (Å²) >= 11 is 0. The summed E-state index contributed by atoms with van der Waals surface area (Å²) in [6.45, 7) is 5.71. The number of hydrogen-bond acceptors (Lipinski definition) is 7. The van der Waals surface area contributed by atoms with E-state index in [0.717, 1.165) is 11.1 Å². The minimum absolute atomic E-state index is 0.0933. The molecule has 0 radical (unpaired) electrons. The fourth-order valence-corrected chi connectivity index (χ4v) is 5.27. The number of nitrogens with one attached hydrogen (secondary N) is 1. The molecule has 0 aliphatic heterocycles. The maximum absolute atomic E-state index is 13.6. The molecule has 0 atom stereocenters. The molecule has 2 aromatic carbocycles. The molecule has 0 saturated heterocycles. The van der Waals surface area contributed by atoms with E-state index in [1.807, 2.05) is 42.5 Å². The Kier molecular flexibility index (Phi) is 8.70. The molecule has 10 heteroatoms. The molecule has 0 bridgehead atoms. The standard InChI is InChI=1S/C32H38N6O4/c1-32(2,3)42-31(41)38(19-23-14-16-25(17-15-23)24-12-8-5-9-13-24)30-35-28(33-18-22-10-6-4-7-11-22)27-29(36-30)37(21-34-27)20-26(39)40/h4,6-7,10-11,14-17,21,24H,5,8-9,12-13,18-20H2,1-3H3,(H,39,40)(H,33,35,36). The molecule has 42 heavy (non-hydrogen) atoms. The summed E-state index contributed by atoms with van der Waals surface area (Å²) in [5.74, 6) is 0.0311. The van der Waals surface area contributed by atoms with E-state index < -0.39 is 17.7 Å². The second kappa shape index (κ2) is 12.6. The molecule has 0 spiro atoms. The van der Waals surface area contributed by atoms with Gasteiger partial charge in [-0.2, -0.15) is 9.97 Å². The molecule has 1 fully saturated rings. The maximum atomic E-state index is 13.6. The molecular formula is C32H38N6O4. The number of carbonyl (C=O) groups is 2. The first kappa shape index (κ1) is 29.0. The number of amides is 1. The van der Waals surface area contributed by atoms with Crippen LogP contribution in [0.1, 0.15) is 75.5 Å².